The summed E-state index contributed by atoms with van der Waals surface area (Å²) in [6, 6.07) is 8.63. The number of hydrogen-bond donors (Lipinski definition) is 2. The average Bonchev–Trinajstić information content (AvgIpc) is 2.95. The number of rotatable bonds is 4. The third-order valence-corrected chi connectivity index (χ3v) is 4.33. The molecular weight excluding hydrogens is 254 g/mol. The molecule has 1 heterocycles. The molecule has 20 heavy (non-hydrogen) atoms. The van der Waals surface area contributed by atoms with Crippen molar-refractivity contribution in [1.29, 1.82) is 0 Å². The van der Waals surface area contributed by atoms with Crippen molar-refractivity contribution in [3.05, 3.63) is 35.4 Å². The lowest BCUT2D eigenvalue weighted by molar-refractivity contribution is -0.179. The molecule has 2 aliphatic rings. The SMILES string of the molecule is OCc1cccc(CNC2CCC3(CC2)OCCO3)c1. The summed E-state index contributed by atoms with van der Waals surface area (Å²) in [6.07, 6.45) is 4.17. The summed E-state index contributed by atoms with van der Waals surface area (Å²) in [7, 11) is 0. The molecule has 4 nitrogen and oxygen atoms in total. The Morgan fingerprint density at radius 2 is 1.85 bits per heavy atom. The van der Waals surface area contributed by atoms with Gasteiger partial charge in [0.05, 0.1) is 19.8 Å². The smallest absolute Gasteiger partial charge is 0.168 e. The fourth-order valence-electron chi connectivity index (χ4n) is 3.15. The second-order valence-electron chi connectivity index (χ2n) is 5.74. The number of aliphatic hydroxyl groups excluding tert-OH is 1. The number of hydrogen-bond acceptors (Lipinski definition) is 4. The molecule has 0 unspecified atom stereocenters. The van der Waals surface area contributed by atoms with Gasteiger partial charge >= 0.3 is 0 Å². The van der Waals surface area contributed by atoms with Crippen molar-refractivity contribution >= 4 is 0 Å². The van der Waals surface area contributed by atoms with Crippen LogP contribution in [0.1, 0.15) is 36.8 Å². The van der Waals surface area contributed by atoms with Crippen molar-refractivity contribution in [1.82, 2.24) is 5.32 Å². The Kier molecular flexibility index (Phi) is 4.36. The largest absolute Gasteiger partial charge is 0.392 e. The minimum atomic E-state index is -0.269. The highest BCUT2D eigenvalue weighted by molar-refractivity contribution is 5.22. The summed E-state index contributed by atoms with van der Waals surface area (Å²) in [5.41, 5.74) is 2.20. The van der Waals surface area contributed by atoms with Crippen molar-refractivity contribution in [2.24, 2.45) is 0 Å². The van der Waals surface area contributed by atoms with Crippen LogP contribution in [0.3, 0.4) is 0 Å². The molecule has 1 aromatic rings. The molecule has 1 spiro atoms. The molecule has 3 rings (SSSR count). The zero-order valence-electron chi connectivity index (χ0n) is 11.8. The maximum atomic E-state index is 9.15. The second-order valence-corrected chi connectivity index (χ2v) is 5.74. The van der Waals surface area contributed by atoms with Crippen LogP contribution < -0.4 is 5.32 Å². The van der Waals surface area contributed by atoms with Gasteiger partial charge in [-0.3, -0.25) is 0 Å². The zero-order valence-corrected chi connectivity index (χ0v) is 11.8. The van der Waals surface area contributed by atoms with Crippen molar-refractivity contribution < 1.29 is 14.6 Å². The van der Waals surface area contributed by atoms with E-state index in [1.165, 1.54) is 5.56 Å². The third kappa shape index (κ3) is 3.20. The summed E-state index contributed by atoms with van der Waals surface area (Å²) < 4.78 is 11.5. The monoisotopic (exact) mass is 277 g/mol. The molecule has 1 aromatic carbocycles. The van der Waals surface area contributed by atoms with Crippen LogP contribution in [0.5, 0.6) is 0 Å². The van der Waals surface area contributed by atoms with Gasteiger partial charge in [-0.1, -0.05) is 24.3 Å². The first-order chi connectivity index (χ1) is 9.80. The van der Waals surface area contributed by atoms with E-state index in [0.717, 1.165) is 51.0 Å². The van der Waals surface area contributed by atoms with Crippen LogP contribution in [0, 0.1) is 0 Å². The molecule has 0 bridgehead atoms. The predicted octanol–water partition coefficient (Wildman–Crippen LogP) is 1.95. The van der Waals surface area contributed by atoms with Crippen LogP contribution in [-0.2, 0) is 22.6 Å². The topological polar surface area (TPSA) is 50.7 Å². The molecule has 0 aromatic heterocycles. The Hall–Kier alpha value is -0.940. The molecule has 0 amide bonds. The van der Waals surface area contributed by atoms with Gasteiger partial charge in [-0.2, -0.15) is 0 Å². The summed E-state index contributed by atoms with van der Waals surface area (Å²) in [6.45, 7) is 2.44. The van der Waals surface area contributed by atoms with Crippen LogP contribution in [0.15, 0.2) is 24.3 Å². The van der Waals surface area contributed by atoms with Gasteiger partial charge in [-0.25, -0.2) is 0 Å². The molecular formula is C16H23NO3. The molecule has 0 radical (unpaired) electrons. The van der Waals surface area contributed by atoms with Crippen LogP contribution in [-0.4, -0.2) is 30.1 Å². The van der Waals surface area contributed by atoms with Gasteiger partial charge in [-0.15, -0.1) is 0 Å². The normalized spacial score (nSPS) is 22.4. The number of ether oxygens (including phenoxy) is 2. The van der Waals surface area contributed by atoms with Gasteiger partial charge in [0.25, 0.3) is 0 Å². The standard InChI is InChI=1S/C16H23NO3/c18-12-14-3-1-2-13(10-14)11-17-15-4-6-16(7-5-15)19-8-9-20-16/h1-3,10,15,17-18H,4-9,11-12H2. The number of nitrogens with one attached hydrogen (secondary N) is 1. The Morgan fingerprint density at radius 1 is 1.15 bits per heavy atom. The molecule has 1 aliphatic carbocycles. The zero-order chi connectivity index (χ0) is 13.8. The molecule has 0 atom stereocenters. The predicted molar refractivity (Wildman–Crippen MR) is 76.1 cm³/mol. The van der Waals surface area contributed by atoms with E-state index in [1.807, 2.05) is 12.1 Å². The van der Waals surface area contributed by atoms with Crippen LogP contribution in [0.4, 0.5) is 0 Å². The summed E-state index contributed by atoms with van der Waals surface area (Å²) >= 11 is 0. The number of aliphatic hydroxyl groups is 1. The average molecular weight is 277 g/mol. The molecule has 110 valence electrons. The first-order valence-electron chi connectivity index (χ1n) is 7.50. The Balaban J connectivity index is 1.47. The minimum Gasteiger partial charge on any atom is -0.392 e. The highest BCUT2D eigenvalue weighted by atomic mass is 16.7. The fourth-order valence-corrected chi connectivity index (χ4v) is 3.15. The molecule has 2 fully saturated rings. The van der Waals surface area contributed by atoms with E-state index in [2.05, 4.69) is 17.4 Å². The minimum absolute atomic E-state index is 0.106. The molecule has 1 saturated carbocycles. The van der Waals surface area contributed by atoms with Gasteiger partial charge in [0.15, 0.2) is 5.79 Å². The van der Waals surface area contributed by atoms with Gasteiger partial charge in [-0.05, 0) is 24.0 Å². The van der Waals surface area contributed by atoms with Gasteiger partial charge in [0.1, 0.15) is 0 Å². The first-order valence-corrected chi connectivity index (χ1v) is 7.50. The lowest BCUT2D eigenvalue weighted by Gasteiger charge is -2.35. The summed E-state index contributed by atoms with van der Waals surface area (Å²) in [5, 5.41) is 12.8. The molecule has 1 aliphatic heterocycles. The third-order valence-electron chi connectivity index (χ3n) is 4.33. The van der Waals surface area contributed by atoms with E-state index in [9.17, 15) is 0 Å². The van der Waals surface area contributed by atoms with Gasteiger partial charge < -0.3 is 19.9 Å². The maximum Gasteiger partial charge on any atom is 0.168 e. The van der Waals surface area contributed by atoms with Crippen molar-refractivity contribution in [3.8, 4) is 0 Å². The van der Waals surface area contributed by atoms with E-state index in [0.29, 0.717) is 6.04 Å². The lowest BCUT2D eigenvalue weighted by atomic mass is 9.90. The Bertz CT molecular complexity index is 433. The van der Waals surface area contributed by atoms with Gasteiger partial charge in [0, 0.05) is 25.4 Å². The van der Waals surface area contributed by atoms with Gasteiger partial charge in [0.2, 0.25) is 0 Å². The molecule has 2 N–H and O–H groups in total. The Morgan fingerprint density at radius 3 is 2.55 bits per heavy atom. The van der Waals surface area contributed by atoms with E-state index < -0.39 is 0 Å². The van der Waals surface area contributed by atoms with Crippen LogP contribution >= 0.6 is 0 Å². The molecule has 1 saturated heterocycles. The van der Waals surface area contributed by atoms with E-state index >= 15 is 0 Å². The maximum absolute atomic E-state index is 9.15. The second kappa shape index (κ2) is 6.22. The number of benzene rings is 1. The van der Waals surface area contributed by atoms with E-state index in [4.69, 9.17) is 14.6 Å². The Labute approximate surface area is 120 Å². The highest BCUT2D eigenvalue weighted by Crippen LogP contribution is 2.35. The highest BCUT2D eigenvalue weighted by Gasteiger charge is 2.40. The first kappa shape index (κ1) is 14.0. The van der Waals surface area contributed by atoms with Crippen LogP contribution in [0.2, 0.25) is 0 Å². The van der Waals surface area contributed by atoms with Crippen LogP contribution in [0.25, 0.3) is 0 Å². The summed E-state index contributed by atoms with van der Waals surface area (Å²) in [4.78, 5) is 0. The van der Waals surface area contributed by atoms with Crippen molar-refractivity contribution in [2.75, 3.05) is 13.2 Å². The van der Waals surface area contributed by atoms with Crippen molar-refractivity contribution in [3.63, 3.8) is 0 Å². The van der Waals surface area contributed by atoms with Crippen molar-refractivity contribution in [2.45, 2.75) is 50.7 Å². The lowest BCUT2D eigenvalue weighted by Crippen LogP contribution is -2.41. The molecule has 4 heteroatoms. The fraction of sp³-hybridized carbons (Fsp3) is 0.625. The summed E-state index contributed by atoms with van der Waals surface area (Å²) in [5.74, 6) is -0.269. The van der Waals surface area contributed by atoms with E-state index in [-0.39, 0.29) is 12.4 Å². The quantitative estimate of drug-likeness (QED) is 0.883. The van der Waals surface area contributed by atoms with E-state index in [1.54, 1.807) is 0 Å².